The minimum atomic E-state index is 0.686. The number of hydrogen-bond donors (Lipinski definition) is 0. The van der Waals surface area contributed by atoms with Crippen LogP contribution in [0.1, 0.15) is 5.56 Å². The van der Waals surface area contributed by atoms with E-state index in [0.717, 1.165) is 10.8 Å². The predicted molar refractivity (Wildman–Crippen MR) is 82.0 cm³/mol. The van der Waals surface area contributed by atoms with Gasteiger partial charge in [-0.25, -0.2) is 0 Å². The van der Waals surface area contributed by atoms with E-state index in [9.17, 15) is 0 Å². The summed E-state index contributed by atoms with van der Waals surface area (Å²) in [5, 5.41) is 1.51. The average molecular weight is 293 g/mol. The fourth-order valence-corrected chi connectivity index (χ4v) is 4.79. The second-order valence-corrected chi connectivity index (χ2v) is 7.19. The first-order chi connectivity index (χ1) is 8.81. The van der Waals surface area contributed by atoms with Crippen molar-refractivity contribution in [3.8, 4) is 0 Å². The maximum absolute atomic E-state index is 5.99. The Hall–Kier alpha value is -0.570. The van der Waals surface area contributed by atoms with E-state index in [1.807, 2.05) is 41.7 Å². The van der Waals surface area contributed by atoms with Gasteiger partial charge in [0.1, 0.15) is 0 Å². The van der Waals surface area contributed by atoms with Crippen LogP contribution < -0.4 is 0 Å². The quantitative estimate of drug-likeness (QED) is 0.718. The molecule has 1 atom stereocenters. The highest BCUT2D eigenvalue weighted by Gasteiger charge is 2.21. The van der Waals surface area contributed by atoms with E-state index in [0.29, 0.717) is 5.25 Å². The number of thioether (sulfide) groups is 2. The standard InChI is InChI=1S/C15H13ClS2/c16-12-5-3-6-13(9-12)17-10-14-8-11-4-1-2-7-15(11)18-14/h1-7,9,14H,8,10H2. The average Bonchev–Trinajstić information content (AvgIpc) is 2.79. The van der Waals surface area contributed by atoms with Crippen LogP contribution in [0.25, 0.3) is 0 Å². The molecule has 0 bridgehead atoms. The van der Waals surface area contributed by atoms with Crippen LogP contribution in [-0.4, -0.2) is 11.0 Å². The van der Waals surface area contributed by atoms with Crippen LogP contribution in [0.4, 0.5) is 0 Å². The highest BCUT2D eigenvalue weighted by atomic mass is 35.5. The molecule has 0 amide bonds. The van der Waals surface area contributed by atoms with Crippen molar-refractivity contribution >= 4 is 35.1 Å². The molecule has 92 valence electrons. The normalized spacial score (nSPS) is 17.7. The van der Waals surface area contributed by atoms with Crippen molar-refractivity contribution in [2.45, 2.75) is 21.5 Å². The first kappa shape index (κ1) is 12.5. The van der Waals surface area contributed by atoms with E-state index in [1.54, 1.807) is 0 Å². The second kappa shape index (κ2) is 5.60. The number of rotatable bonds is 3. The molecule has 18 heavy (non-hydrogen) atoms. The van der Waals surface area contributed by atoms with Gasteiger partial charge >= 0.3 is 0 Å². The molecule has 2 aromatic rings. The summed E-state index contributed by atoms with van der Waals surface area (Å²) in [5.74, 6) is 1.14. The summed E-state index contributed by atoms with van der Waals surface area (Å²) in [7, 11) is 0. The van der Waals surface area contributed by atoms with Gasteiger partial charge in [0.15, 0.2) is 0 Å². The third-order valence-electron chi connectivity index (χ3n) is 2.95. The minimum Gasteiger partial charge on any atom is -0.125 e. The van der Waals surface area contributed by atoms with Gasteiger partial charge in [-0.1, -0.05) is 35.9 Å². The molecule has 1 aliphatic rings. The summed E-state index contributed by atoms with van der Waals surface area (Å²) in [6.07, 6.45) is 1.19. The first-order valence-electron chi connectivity index (χ1n) is 5.94. The van der Waals surface area contributed by atoms with Crippen LogP contribution in [0.2, 0.25) is 5.02 Å². The maximum atomic E-state index is 5.99. The minimum absolute atomic E-state index is 0.686. The Kier molecular flexibility index (Phi) is 3.88. The van der Waals surface area contributed by atoms with E-state index < -0.39 is 0 Å². The lowest BCUT2D eigenvalue weighted by molar-refractivity contribution is 0.970. The number of halogens is 1. The molecule has 0 fully saturated rings. The predicted octanol–water partition coefficient (Wildman–Crippen LogP) is 5.15. The molecular weight excluding hydrogens is 280 g/mol. The number of benzene rings is 2. The molecule has 0 N–H and O–H groups in total. The van der Waals surface area contributed by atoms with Crippen molar-refractivity contribution in [3.63, 3.8) is 0 Å². The molecule has 1 aliphatic heterocycles. The molecule has 0 aliphatic carbocycles. The van der Waals surface area contributed by atoms with Crippen LogP contribution in [0.15, 0.2) is 58.3 Å². The van der Waals surface area contributed by atoms with Gasteiger partial charge in [-0.2, -0.15) is 0 Å². The lowest BCUT2D eigenvalue weighted by Crippen LogP contribution is -2.03. The molecule has 3 heteroatoms. The summed E-state index contributed by atoms with van der Waals surface area (Å²) in [6, 6.07) is 16.8. The molecule has 0 saturated heterocycles. The van der Waals surface area contributed by atoms with Crippen molar-refractivity contribution in [2.75, 3.05) is 5.75 Å². The molecular formula is C15H13ClS2. The third kappa shape index (κ3) is 2.87. The van der Waals surface area contributed by atoms with Gasteiger partial charge in [0.25, 0.3) is 0 Å². The molecule has 2 aromatic carbocycles. The van der Waals surface area contributed by atoms with E-state index in [1.165, 1.54) is 21.8 Å². The lowest BCUT2D eigenvalue weighted by atomic mass is 10.1. The lowest BCUT2D eigenvalue weighted by Gasteiger charge is -2.07. The van der Waals surface area contributed by atoms with E-state index in [4.69, 9.17) is 11.6 Å². The van der Waals surface area contributed by atoms with E-state index in [2.05, 4.69) is 30.3 Å². The van der Waals surface area contributed by atoms with Gasteiger partial charge in [-0.15, -0.1) is 23.5 Å². The zero-order chi connectivity index (χ0) is 12.4. The molecule has 0 nitrogen and oxygen atoms in total. The Labute approximate surface area is 121 Å². The molecule has 1 unspecified atom stereocenters. The fraction of sp³-hybridized carbons (Fsp3) is 0.200. The molecule has 1 heterocycles. The monoisotopic (exact) mass is 292 g/mol. The van der Waals surface area contributed by atoms with Gasteiger partial charge in [0, 0.05) is 25.8 Å². The zero-order valence-corrected chi connectivity index (χ0v) is 12.2. The van der Waals surface area contributed by atoms with Crippen LogP contribution in [0.5, 0.6) is 0 Å². The van der Waals surface area contributed by atoms with Crippen molar-refractivity contribution in [1.82, 2.24) is 0 Å². The second-order valence-electron chi connectivity index (χ2n) is 4.32. The fourth-order valence-electron chi connectivity index (χ4n) is 2.09. The van der Waals surface area contributed by atoms with Gasteiger partial charge in [-0.3, -0.25) is 0 Å². The van der Waals surface area contributed by atoms with Crippen LogP contribution >= 0.6 is 35.1 Å². The maximum Gasteiger partial charge on any atom is 0.0417 e. The number of hydrogen-bond acceptors (Lipinski definition) is 2. The molecule has 0 radical (unpaired) electrons. The smallest absolute Gasteiger partial charge is 0.0417 e. The van der Waals surface area contributed by atoms with Crippen LogP contribution in [0, 0.1) is 0 Å². The summed E-state index contributed by atoms with van der Waals surface area (Å²) >= 11 is 9.90. The van der Waals surface area contributed by atoms with Gasteiger partial charge in [0.05, 0.1) is 0 Å². The first-order valence-corrected chi connectivity index (χ1v) is 8.18. The Morgan fingerprint density at radius 2 is 2.06 bits per heavy atom. The van der Waals surface area contributed by atoms with Gasteiger partial charge in [0.2, 0.25) is 0 Å². The van der Waals surface area contributed by atoms with Crippen molar-refractivity contribution < 1.29 is 0 Å². The van der Waals surface area contributed by atoms with Crippen molar-refractivity contribution in [1.29, 1.82) is 0 Å². The van der Waals surface area contributed by atoms with Crippen molar-refractivity contribution in [3.05, 3.63) is 59.1 Å². The highest BCUT2D eigenvalue weighted by molar-refractivity contribution is 8.03. The van der Waals surface area contributed by atoms with E-state index in [-0.39, 0.29) is 0 Å². The molecule has 3 rings (SSSR count). The highest BCUT2D eigenvalue weighted by Crippen LogP contribution is 2.39. The summed E-state index contributed by atoms with van der Waals surface area (Å²) in [6.45, 7) is 0. The topological polar surface area (TPSA) is 0 Å². The summed E-state index contributed by atoms with van der Waals surface area (Å²) in [4.78, 5) is 2.72. The van der Waals surface area contributed by atoms with E-state index >= 15 is 0 Å². The van der Waals surface area contributed by atoms with Gasteiger partial charge < -0.3 is 0 Å². The Morgan fingerprint density at radius 3 is 2.89 bits per heavy atom. The molecule has 0 saturated carbocycles. The number of fused-ring (bicyclic) bond motifs is 1. The van der Waals surface area contributed by atoms with Crippen LogP contribution in [0.3, 0.4) is 0 Å². The Morgan fingerprint density at radius 1 is 1.17 bits per heavy atom. The molecule has 0 aromatic heterocycles. The molecule has 0 spiro atoms. The Bertz CT molecular complexity index is 529. The van der Waals surface area contributed by atoms with Crippen LogP contribution in [-0.2, 0) is 6.42 Å². The Balaban J connectivity index is 1.60. The summed E-state index contributed by atoms with van der Waals surface area (Å²) in [5.41, 5.74) is 1.50. The summed E-state index contributed by atoms with van der Waals surface area (Å²) < 4.78 is 0. The zero-order valence-electron chi connectivity index (χ0n) is 9.80. The van der Waals surface area contributed by atoms with Gasteiger partial charge in [-0.05, 0) is 36.2 Å². The largest absolute Gasteiger partial charge is 0.125 e. The van der Waals surface area contributed by atoms with Crippen molar-refractivity contribution in [2.24, 2.45) is 0 Å². The SMILES string of the molecule is Clc1cccc(SCC2Cc3ccccc3S2)c1. The third-order valence-corrected chi connectivity index (χ3v) is 5.87.